The summed E-state index contributed by atoms with van der Waals surface area (Å²) >= 11 is 0. The van der Waals surface area contributed by atoms with E-state index in [1.54, 1.807) is 19.1 Å². The lowest BCUT2D eigenvalue weighted by molar-refractivity contribution is -0.137. The van der Waals surface area contributed by atoms with Crippen LogP contribution in [0.2, 0.25) is 0 Å². The highest BCUT2D eigenvalue weighted by molar-refractivity contribution is 5.92. The van der Waals surface area contributed by atoms with Gasteiger partial charge in [0.1, 0.15) is 5.82 Å². The van der Waals surface area contributed by atoms with Crippen molar-refractivity contribution in [1.82, 2.24) is 4.98 Å². The second-order valence-electron chi connectivity index (χ2n) is 5.26. The molecule has 0 saturated heterocycles. The van der Waals surface area contributed by atoms with Crippen LogP contribution in [0.3, 0.4) is 0 Å². The van der Waals surface area contributed by atoms with E-state index in [4.69, 9.17) is 5.73 Å². The largest absolute Gasteiger partial charge is 0.416 e. The fourth-order valence-corrected chi connectivity index (χ4v) is 2.02. The van der Waals surface area contributed by atoms with E-state index in [2.05, 4.69) is 10.3 Å². The number of hydrogen-bond donors (Lipinski definition) is 2. The van der Waals surface area contributed by atoms with Crippen LogP contribution in [0.15, 0.2) is 42.6 Å². The zero-order chi connectivity index (χ0) is 17.0. The normalized spacial score (nSPS) is 12.7. The van der Waals surface area contributed by atoms with Crippen LogP contribution in [0, 0.1) is 5.92 Å². The molecular weight excluding hydrogens is 307 g/mol. The first-order chi connectivity index (χ1) is 10.8. The molecule has 0 bridgehead atoms. The Kier molecular flexibility index (Phi) is 4.88. The van der Waals surface area contributed by atoms with Gasteiger partial charge in [0, 0.05) is 5.92 Å². The van der Waals surface area contributed by atoms with Crippen molar-refractivity contribution in [2.75, 3.05) is 11.1 Å². The number of nitrogens with two attached hydrogens (primary N) is 1. The number of aromatic nitrogens is 1. The van der Waals surface area contributed by atoms with Gasteiger partial charge in [0.25, 0.3) is 0 Å². The number of hydrogen-bond acceptors (Lipinski definition) is 3. The average Bonchev–Trinajstić information content (AvgIpc) is 2.49. The van der Waals surface area contributed by atoms with Crippen molar-refractivity contribution in [2.24, 2.45) is 5.92 Å². The summed E-state index contributed by atoms with van der Waals surface area (Å²) in [6, 6.07) is 8.00. The maximum absolute atomic E-state index is 12.5. The molecule has 4 nitrogen and oxygen atoms in total. The predicted molar refractivity (Wildman–Crippen MR) is 81.6 cm³/mol. The number of amides is 1. The third-order valence-electron chi connectivity index (χ3n) is 3.32. The van der Waals surface area contributed by atoms with Gasteiger partial charge < -0.3 is 11.1 Å². The molecule has 0 aliphatic heterocycles. The van der Waals surface area contributed by atoms with Crippen molar-refractivity contribution in [1.29, 1.82) is 0 Å². The Morgan fingerprint density at radius 3 is 2.39 bits per heavy atom. The van der Waals surface area contributed by atoms with E-state index >= 15 is 0 Å². The zero-order valence-electron chi connectivity index (χ0n) is 12.4. The molecule has 23 heavy (non-hydrogen) atoms. The van der Waals surface area contributed by atoms with Crippen LogP contribution in [-0.2, 0) is 17.4 Å². The molecule has 0 spiro atoms. The molecule has 1 heterocycles. The summed E-state index contributed by atoms with van der Waals surface area (Å²) in [7, 11) is 0. The van der Waals surface area contributed by atoms with E-state index in [1.165, 1.54) is 18.3 Å². The summed E-state index contributed by atoms with van der Waals surface area (Å²) in [6.45, 7) is 1.71. The van der Waals surface area contributed by atoms with E-state index < -0.39 is 17.7 Å². The molecule has 1 unspecified atom stereocenters. The molecular formula is C16H16F3N3O. The Labute approximate surface area is 131 Å². The maximum Gasteiger partial charge on any atom is 0.416 e. The lowest BCUT2D eigenvalue weighted by Gasteiger charge is -2.13. The number of rotatable bonds is 4. The number of carbonyl (C=O) groups is 1. The summed E-state index contributed by atoms with van der Waals surface area (Å²) < 4.78 is 37.5. The lowest BCUT2D eigenvalue weighted by Crippen LogP contribution is -2.22. The van der Waals surface area contributed by atoms with E-state index in [9.17, 15) is 18.0 Å². The van der Waals surface area contributed by atoms with Gasteiger partial charge in [0.05, 0.1) is 17.4 Å². The molecule has 1 amide bonds. The number of pyridine rings is 1. The molecule has 1 atom stereocenters. The van der Waals surface area contributed by atoms with Gasteiger partial charge in [-0.3, -0.25) is 4.79 Å². The van der Waals surface area contributed by atoms with Crippen LogP contribution in [0.25, 0.3) is 0 Å². The Balaban J connectivity index is 1.96. The summed E-state index contributed by atoms with van der Waals surface area (Å²) in [4.78, 5) is 15.9. The topological polar surface area (TPSA) is 68.0 Å². The van der Waals surface area contributed by atoms with Crippen molar-refractivity contribution in [3.05, 3.63) is 53.7 Å². The van der Waals surface area contributed by atoms with Gasteiger partial charge in [0.15, 0.2) is 0 Å². The third kappa shape index (κ3) is 4.70. The van der Waals surface area contributed by atoms with Crippen LogP contribution < -0.4 is 11.1 Å². The SMILES string of the molecule is CC(Cc1ccc(C(F)(F)F)cc1)C(=O)Nc1ccc(N)nc1. The first-order valence-electron chi connectivity index (χ1n) is 6.94. The fraction of sp³-hybridized carbons (Fsp3) is 0.250. The first kappa shape index (κ1) is 16.8. The molecule has 0 aliphatic rings. The number of carbonyl (C=O) groups excluding carboxylic acids is 1. The van der Waals surface area contributed by atoms with Crippen LogP contribution in [0.1, 0.15) is 18.1 Å². The number of alkyl halides is 3. The van der Waals surface area contributed by atoms with Gasteiger partial charge in [-0.05, 0) is 36.2 Å². The Morgan fingerprint density at radius 1 is 1.22 bits per heavy atom. The molecule has 2 aromatic rings. The standard InChI is InChI=1S/C16H16F3N3O/c1-10(15(23)22-13-6-7-14(20)21-9-13)8-11-2-4-12(5-3-11)16(17,18)19/h2-7,9-10H,8H2,1H3,(H2,20,21)(H,22,23). The van der Waals surface area contributed by atoms with Gasteiger partial charge in [-0.2, -0.15) is 13.2 Å². The molecule has 0 saturated carbocycles. The van der Waals surface area contributed by atoms with Gasteiger partial charge in [0.2, 0.25) is 5.91 Å². The molecule has 3 N–H and O–H groups in total. The highest BCUT2D eigenvalue weighted by Crippen LogP contribution is 2.29. The number of nitrogen functional groups attached to an aromatic ring is 1. The monoisotopic (exact) mass is 323 g/mol. The molecule has 122 valence electrons. The maximum atomic E-state index is 12.5. The third-order valence-corrected chi connectivity index (χ3v) is 3.32. The highest BCUT2D eigenvalue weighted by atomic mass is 19.4. The number of nitrogens with one attached hydrogen (secondary N) is 1. The van der Waals surface area contributed by atoms with Gasteiger partial charge in [-0.25, -0.2) is 4.98 Å². The van der Waals surface area contributed by atoms with E-state index in [0.29, 0.717) is 23.5 Å². The van der Waals surface area contributed by atoms with Gasteiger partial charge >= 0.3 is 6.18 Å². The quantitative estimate of drug-likeness (QED) is 0.905. The number of benzene rings is 1. The fourth-order valence-electron chi connectivity index (χ4n) is 2.02. The summed E-state index contributed by atoms with van der Waals surface area (Å²) in [6.07, 6.45) is -2.58. The summed E-state index contributed by atoms with van der Waals surface area (Å²) in [5.41, 5.74) is 5.94. The van der Waals surface area contributed by atoms with Crippen molar-refractivity contribution in [2.45, 2.75) is 19.5 Å². The van der Waals surface area contributed by atoms with Crippen LogP contribution in [0.5, 0.6) is 0 Å². The van der Waals surface area contributed by atoms with Crippen molar-refractivity contribution in [3.8, 4) is 0 Å². The number of nitrogens with zero attached hydrogens (tertiary/aromatic N) is 1. The second-order valence-corrected chi connectivity index (χ2v) is 5.26. The second kappa shape index (κ2) is 6.68. The van der Waals surface area contributed by atoms with Crippen LogP contribution in [0.4, 0.5) is 24.7 Å². The van der Waals surface area contributed by atoms with Crippen molar-refractivity contribution in [3.63, 3.8) is 0 Å². The number of halogens is 3. The minimum atomic E-state index is -4.36. The first-order valence-corrected chi connectivity index (χ1v) is 6.94. The predicted octanol–water partition coefficient (Wildman–Crippen LogP) is 3.50. The molecule has 0 aliphatic carbocycles. The number of anilines is 2. The van der Waals surface area contributed by atoms with Crippen LogP contribution >= 0.6 is 0 Å². The highest BCUT2D eigenvalue weighted by Gasteiger charge is 2.30. The lowest BCUT2D eigenvalue weighted by atomic mass is 9.99. The van der Waals surface area contributed by atoms with Crippen molar-refractivity contribution >= 4 is 17.4 Å². The molecule has 2 rings (SSSR count). The Bertz CT molecular complexity index is 666. The van der Waals surface area contributed by atoms with E-state index in [-0.39, 0.29) is 5.91 Å². The minimum absolute atomic E-state index is 0.239. The van der Waals surface area contributed by atoms with E-state index in [0.717, 1.165) is 12.1 Å². The molecule has 0 radical (unpaired) electrons. The van der Waals surface area contributed by atoms with Crippen LogP contribution in [-0.4, -0.2) is 10.9 Å². The summed E-state index contributed by atoms with van der Waals surface area (Å²) in [5, 5.41) is 2.69. The average molecular weight is 323 g/mol. The van der Waals surface area contributed by atoms with E-state index in [1.807, 2.05) is 0 Å². The molecule has 7 heteroatoms. The smallest absolute Gasteiger partial charge is 0.384 e. The zero-order valence-corrected chi connectivity index (χ0v) is 12.4. The van der Waals surface area contributed by atoms with Crippen molar-refractivity contribution < 1.29 is 18.0 Å². The minimum Gasteiger partial charge on any atom is -0.384 e. The molecule has 1 aromatic carbocycles. The molecule has 0 fully saturated rings. The Morgan fingerprint density at radius 2 is 1.87 bits per heavy atom. The van der Waals surface area contributed by atoms with Gasteiger partial charge in [-0.15, -0.1) is 0 Å². The van der Waals surface area contributed by atoms with Gasteiger partial charge in [-0.1, -0.05) is 19.1 Å². The molecule has 1 aromatic heterocycles. The summed E-state index contributed by atoms with van der Waals surface area (Å²) in [5.74, 6) is -0.290. The Hall–Kier alpha value is -2.57.